The van der Waals surface area contributed by atoms with E-state index in [0.29, 0.717) is 4.53 Å². The second-order valence-electron chi connectivity index (χ2n) is 8.41. The Balaban J connectivity index is 1.62. The van der Waals surface area contributed by atoms with Gasteiger partial charge in [0, 0.05) is 10.0 Å². The molecule has 6 heteroatoms. The molecule has 4 nitrogen and oxygen atoms in total. The third kappa shape index (κ3) is 3.49. The van der Waals surface area contributed by atoms with E-state index in [4.69, 9.17) is 9.73 Å². The van der Waals surface area contributed by atoms with Crippen molar-refractivity contribution in [2.75, 3.05) is 7.11 Å². The molecule has 3 aromatic carbocycles. The largest absolute Gasteiger partial charge is 0.497 e. The van der Waals surface area contributed by atoms with Gasteiger partial charge in [-0.3, -0.25) is 9.36 Å². The fourth-order valence-corrected chi connectivity index (χ4v) is 6.21. The predicted octanol–water partition coefficient (Wildman–Crippen LogP) is 5.09. The lowest BCUT2D eigenvalue weighted by molar-refractivity contribution is 0.414. The lowest BCUT2D eigenvalue weighted by Crippen LogP contribution is -2.38. The highest BCUT2D eigenvalue weighted by Gasteiger charge is 2.32. The molecule has 0 radical (unpaired) electrons. The maximum atomic E-state index is 13.8. The van der Waals surface area contributed by atoms with Crippen molar-refractivity contribution in [3.63, 3.8) is 0 Å². The first-order valence-electron chi connectivity index (χ1n) is 11.2. The van der Waals surface area contributed by atoms with E-state index in [2.05, 4.69) is 52.3 Å². The van der Waals surface area contributed by atoms with Gasteiger partial charge in [-0.25, -0.2) is 4.99 Å². The molecule has 4 aromatic rings. The number of benzene rings is 3. The van der Waals surface area contributed by atoms with E-state index >= 15 is 0 Å². The summed E-state index contributed by atoms with van der Waals surface area (Å²) >= 11 is 5.05. The van der Waals surface area contributed by atoms with Gasteiger partial charge in [0.2, 0.25) is 0 Å². The number of rotatable bonds is 3. The highest BCUT2D eigenvalue weighted by molar-refractivity contribution is 9.10. The van der Waals surface area contributed by atoms with Gasteiger partial charge in [-0.1, -0.05) is 81.9 Å². The van der Waals surface area contributed by atoms with Crippen LogP contribution in [0.3, 0.4) is 0 Å². The molecule has 0 fully saturated rings. The van der Waals surface area contributed by atoms with Crippen LogP contribution in [0.5, 0.6) is 5.75 Å². The lowest BCUT2D eigenvalue weighted by atomic mass is 9.83. The first-order chi connectivity index (χ1) is 16.6. The third-order valence-corrected chi connectivity index (χ3v) is 8.18. The number of aryl methyl sites for hydroxylation is 1. The van der Waals surface area contributed by atoms with Gasteiger partial charge in [0.1, 0.15) is 5.75 Å². The summed E-state index contributed by atoms with van der Waals surface area (Å²) in [4.78, 5) is 19.6. The van der Waals surface area contributed by atoms with Crippen LogP contribution in [0, 0.1) is 0 Å². The summed E-state index contributed by atoms with van der Waals surface area (Å²) in [5.41, 5.74) is 6.72. The quantitative estimate of drug-likeness (QED) is 0.371. The molecular formula is C28H21BrN2O2S. The fourth-order valence-electron chi connectivity index (χ4n) is 4.86. The minimum atomic E-state index is -0.156. The molecule has 1 aliphatic heterocycles. The number of allylic oxidation sites excluding steroid dienone is 1. The zero-order valence-corrected chi connectivity index (χ0v) is 20.9. The third-order valence-electron chi connectivity index (χ3n) is 6.48. The Morgan fingerprint density at radius 2 is 1.85 bits per heavy atom. The molecule has 2 heterocycles. The number of ether oxygens (including phenoxy) is 1. The molecule has 0 amide bonds. The van der Waals surface area contributed by atoms with Crippen molar-refractivity contribution in [1.82, 2.24) is 4.57 Å². The van der Waals surface area contributed by atoms with Crippen LogP contribution in [0.1, 0.15) is 34.7 Å². The number of hydrogen-bond acceptors (Lipinski definition) is 4. The summed E-state index contributed by atoms with van der Waals surface area (Å²) in [7, 11) is 1.64. The van der Waals surface area contributed by atoms with Crippen LogP contribution >= 0.6 is 27.3 Å². The van der Waals surface area contributed by atoms with Crippen molar-refractivity contribution < 1.29 is 4.74 Å². The Bertz CT molecular complexity index is 1630. The highest BCUT2D eigenvalue weighted by Crippen LogP contribution is 2.41. The topological polar surface area (TPSA) is 43.6 Å². The summed E-state index contributed by atoms with van der Waals surface area (Å²) in [6.07, 6.45) is 3.77. The molecule has 34 heavy (non-hydrogen) atoms. The average Bonchev–Trinajstić information content (AvgIpc) is 3.19. The van der Waals surface area contributed by atoms with Crippen LogP contribution in [0.25, 0.3) is 11.8 Å². The van der Waals surface area contributed by atoms with Crippen molar-refractivity contribution in [2.45, 2.75) is 18.9 Å². The van der Waals surface area contributed by atoms with Crippen molar-refractivity contribution in [1.29, 1.82) is 0 Å². The number of aromatic nitrogens is 1. The molecule has 0 spiro atoms. The molecule has 168 valence electrons. The van der Waals surface area contributed by atoms with E-state index in [1.807, 2.05) is 47.0 Å². The van der Waals surface area contributed by atoms with E-state index in [9.17, 15) is 4.79 Å². The molecule has 0 unspecified atom stereocenters. The molecule has 0 saturated heterocycles. The minimum absolute atomic E-state index is 0.0160. The standard InChI is InChI=1S/C28H21BrN2O2S/c1-33-20-12-14-23(29)19(15-20)16-24-27(32)31-26(18-8-3-2-4-9-18)22-13-11-17-7-5-6-10-21(17)25(22)30-28(31)34-24/h2-10,12,14-16,26H,11,13H2,1H3/b24-16-/t26-/m1/s1. The monoisotopic (exact) mass is 528 g/mol. The summed E-state index contributed by atoms with van der Waals surface area (Å²) in [6.45, 7) is 0. The zero-order valence-electron chi connectivity index (χ0n) is 18.5. The highest BCUT2D eigenvalue weighted by atomic mass is 79.9. The van der Waals surface area contributed by atoms with Crippen LogP contribution in [0.2, 0.25) is 0 Å². The Hall–Kier alpha value is -3.22. The molecule has 2 aliphatic rings. The summed E-state index contributed by atoms with van der Waals surface area (Å²) in [5, 5.41) is 0. The Kier molecular flexibility index (Phi) is 5.35. The lowest BCUT2D eigenvalue weighted by Gasteiger charge is -2.30. The van der Waals surface area contributed by atoms with Crippen molar-refractivity contribution in [3.8, 4) is 5.75 Å². The van der Waals surface area contributed by atoms with Crippen LogP contribution < -0.4 is 19.6 Å². The summed E-state index contributed by atoms with van der Waals surface area (Å²) in [5.74, 6) is 0.747. The van der Waals surface area contributed by atoms with E-state index in [1.165, 1.54) is 28.0 Å². The van der Waals surface area contributed by atoms with Crippen molar-refractivity contribution in [2.24, 2.45) is 4.99 Å². The Labute approximate surface area is 209 Å². The van der Waals surface area contributed by atoms with Gasteiger partial charge in [-0.05, 0) is 59.4 Å². The molecule has 0 N–H and O–H groups in total. The van der Waals surface area contributed by atoms with Crippen LogP contribution in [0.15, 0.2) is 92.6 Å². The number of hydrogen-bond donors (Lipinski definition) is 0. The summed E-state index contributed by atoms with van der Waals surface area (Å²) < 4.78 is 8.83. The second kappa shape index (κ2) is 8.53. The molecule has 0 bridgehead atoms. The van der Waals surface area contributed by atoms with Crippen molar-refractivity contribution >= 4 is 39.0 Å². The van der Waals surface area contributed by atoms with Crippen LogP contribution in [-0.2, 0) is 6.42 Å². The molecule has 0 saturated carbocycles. The van der Waals surface area contributed by atoms with E-state index < -0.39 is 0 Å². The normalized spacial score (nSPS) is 17.0. The van der Waals surface area contributed by atoms with Gasteiger partial charge >= 0.3 is 0 Å². The smallest absolute Gasteiger partial charge is 0.271 e. The number of halogens is 1. The van der Waals surface area contributed by atoms with Crippen molar-refractivity contribution in [3.05, 3.63) is 125 Å². The second-order valence-corrected chi connectivity index (χ2v) is 10.3. The minimum Gasteiger partial charge on any atom is -0.497 e. The number of thiazole rings is 1. The molecule has 1 aromatic heterocycles. The number of fused-ring (bicyclic) bond motifs is 3. The van der Waals surface area contributed by atoms with Gasteiger partial charge in [0.25, 0.3) is 5.56 Å². The van der Waals surface area contributed by atoms with E-state index in [0.717, 1.165) is 44.7 Å². The Morgan fingerprint density at radius 3 is 2.68 bits per heavy atom. The van der Waals surface area contributed by atoms with Gasteiger partial charge < -0.3 is 4.74 Å². The van der Waals surface area contributed by atoms with Crippen LogP contribution in [0.4, 0.5) is 0 Å². The van der Waals surface area contributed by atoms with Gasteiger partial charge in [-0.15, -0.1) is 0 Å². The number of nitrogens with zero attached hydrogens (tertiary/aromatic N) is 2. The molecular weight excluding hydrogens is 508 g/mol. The summed E-state index contributed by atoms with van der Waals surface area (Å²) in [6, 6.07) is 24.4. The van der Waals surface area contributed by atoms with Crippen LogP contribution in [-0.4, -0.2) is 11.7 Å². The van der Waals surface area contributed by atoms with Gasteiger partial charge in [0.15, 0.2) is 4.80 Å². The zero-order chi connectivity index (χ0) is 23.2. The maximum absolute atomic E-state index is 13.8. The molecule has 1 atom stereocenters. The SMILES string of the molecule is COc1ccc(Br)c(/C=c2\sc3n(c2=O)[C@H](c2ccccc2)C2=C(N=3)c3ccccc3CC2)c1. The van der Waals surface area contributed by atoms with Gasteiger partial charge in [0.05, 0.1) is 23.4 Å². The molecule has 1 aliphatic carbocycles. The number of methoxy groups -OCH3 is 1. The Morgan fingerprint density at radius 1 is 1.06 bits per heavy atom. The molecule has 6 rings (SSSR count). The van der Waals surface area contributed by atoms with Gasteiger partial charge in [-0.2, -0.15) is 0 Å². The maximum Gasteiger partial charge on any atom is 0.271 e. The first kappa shape index (κ1) is 21.3. The van der Waals surface area contributed by atoms with E-state index in [1.54, 1.807) is 7.11 Å². The average molecular weight is 529 g/mol. The van der Waals surface area contributed by atoms with E-state index in [-0.39, 0.29) is 11.6 Å². The fraction of sp³-hybridized carbons (Fsp3) is 0.143. The first-order valence-corrected chi connectivity index (χ1v) is 12.8. The predicted molar refractivity (Wildman–Crippen MR) is 140 cm³/mol.